The van der Waals surface area contributed by atoms with Crippen LogP contribution in [-0.2, 0) is 6.42 Å². The first-order chi connectivity index (χ1) is 8.25. The predicted octanol–water partition coefficient (Wildman–Crippen LogP) is 3.25. The van der Waals surface area contributed by atoms with Crippen LogP contribution in [-0.4, -0.2) is 23.9 Å². The average molecular weight is 294 g/mol. The van der Waals surface area contributed by atoms with Gasteiger partial charge in [0.1, 0.15) is 0 Å². The molecule has 0 spiro atoms. The molecule has 0 aromatic heterocycles. The van der Waals surface area contributed by atoms with E-state index >= 15 is 0 Å². The number of carbonyl (C=O) groups excluding carboxylic acids is 1. The highest BCUT2D eigenvalue weighted by atomic mass is 79.9. The fourth-order valence-corrected chi connectivity index (χ4v) is 3.26. The van der Waals surface area contributed by atoms with Gasteiger partial charge in [0.05, 0.1) is 0 Å². The Morgan fingerprint density at radius 1 is 1.35 bits per heavy atom. The van der Waals surface area contributed by atoms with Gasteiger partial charge in [-0.15, -0.1) is 0 Å². The van der Waals surface area contributed by atoms with Crippen LogP contribution in [0.15, 0.2) is 22.7 Å². The van der Waals surface area contributed by atoms with Gasteiger partial charge in [-0.05, 0) is 42.9 Å². The van der Waals surface area contributed by atoms with Gasteiger partial charge >= 0.3 is 0 Å². The molecule has 0 atom stereocenters. The first kappa shape index (κ1) is 11.3. The Labute approximate surface area is 110 Å². The van der Waals surface area contributed by atoms with E-state index in [1.54, 1.807) is 0 Å². The van der Waals surface area contributed by atoms with Crippen molar-refractivity contribution in [1.82, 2.24) is 4.90 Å². The van der Waals surface area contributed by atoms with Crippen molar-refractivity contribution in [3.63, 3.8) is 0 Å². The Morgan fingerprint density at radius 2 is 2.18 bits per heavy atom. The van der Waals surface area contributed by atoms with E-state index in [9.17, 15) is 4.79 Å². The summed E-state index contributed by atoms with van der Waals surface area (Å²) in [5.74, 6) is 0.979. The third-order valence-corrected chi connectivity index (χ3v) is 4.71. The highest BCUT2D eigenvalue weighted by Crippen LogP contribution is 2.30. The van der Waals surface area contributed by atoms with Crippen molar-refractivity contribution < 1.29 is 4.79 Å². The van der Waals surface area contributed by atoms with Gasteiger partial charge in [0.15, 0.2) is 0 Å². The van der Waals surface area contributed by atoms with Gasteiger partial charge in [-0.3, -0.25) is 4.79 Å². The molecule has 1 aliphatic heterocycles. The van der Waals surface area contributed by atoms with Crippen LogP contribution in [0.2, 0.25) is 0 Å². The molecule has 1 aromatic carbocycles. The zero-order valence-electron chi connectivity index (χ0n) is 9.79. The molecule has 1 aliphatic carbocycles. The maximum atomic E-state index is 12.3. The van der Waals surface area contributed by atoms with Crippen LogP contribution in [0.1, 0.15) is 35.2 Å². The molecule has 3 rings (SSSR count). The van der Waals surface area contributed by atoms with Crippen LogP contribution in [0.5, 0.6) is 0 Å². The molecule has 0 saturated heterocycles. The van der Waals surface area contributed by atoms with Crippen LogP contribution < -0.4 is 0 Å². The van der Waals surface area contributed by atoms with Crippen LogP contribution >= 0.6 is 15.9 Å². The lowest BCUT2D eigenvalue weighted by molar-refractivity contribution is 0.0678. The van der Waals surface area contributed by atoms with E-state index in [1.165, 1.54) is 24.8 Å². The lowest BCUT2D eigenvalue weighted by Crippen LogP contribution is -2.42. The predicted molar refractivity (Wildman–Crippen MR) is 71.1 cm³/mol. The van der Waals surface area contributed by atoms with Gasteiger partial charge in [0.25, 0.3) is 5.91 Å². The summed E-state index contributed by atoms with van der Waals surface area (Å²) in [6.07, 6.45) is 4.92. The van der Waals surface area contributed by atoms with Crippen LogP contribution in [0.4, 0.5) is 0 Å². The second-order valence-electron chi connectivity index (χ2n) is 5.06. The number of rotatable bonds is 2. The van der Waals surface area contributed by atoms with E-state index in [0.717, 1.165) is 35.5 Å². The summed E-state index contributed by atoms with van der Waals surface area (Å²) < 4.78 is 1.08. The standard InChI is InChI=1S/C14H16BrNO/c15-13-6-2-5-12-11(13)7-8-16(14(12)17)9-10-3-1-4-10/h2,5-6,10H,1,3-4,7-9H2. The van der Waals surface area contributed by atoms with Crippen molar-refractivity contribution in [1.29, 1.82) is 0 Å². The Bertz CT molecular complexity index is 454. The molecule has 3 heteroatoms. The lowest BCUT2D eigenvalue weighted by Gasteiger charge is -2.35. The van der Waals surface area contributed by atoms with Gasteiger partial charge in [-0.1, -0.05) is 28.4 Å². The SMILES string of the molecule is O=C1c2cccc(Br)c2CCN1CC1CCC1. The molecule has 1 amide bonds. The molecule has 1 fully saturated rings. The number of hydrogen-bond donors (Lipinski definition) is 0. The molecule has 90 valence electrons. The highest BCUT2D eigenvalue weighted by molar-refractivity contribution is 9.10. The van der Waals surface area contributed by atoms with Crippen molar-refractivity contribution >= 4 is 21.8 Å². The Morgan fingerprint density at radius 3 is 2.88 bits per heavy atom. The molecule has 0 unspecified atom stereocenters. The summed E-state index contributed by atoms with van der Waals surface area (Å²) in [5, 5.41) is 0. The van der Waals surface area contributed by atoms with Gasteiger partial charge in [-0.25, -0.2) is 0 Å². The Hall–Kier alpha value is -0.830. The summed E-state index contributed by atoms with van der Waals surface area (Å²) >= 11 is 3.53. The molecule has 1 heterocycles. The maximum Gasteiger partial charge on any atom is 0.254 e. The van der Waals surface area contributed by atoms with Gasteiger partial charge in [0.2, 0.25) is 0 Å². The van der Waals surface area contributed by atoms with Crippen LogP contribution in [0.3, 0.4) is 0 Å². The van der Waals surface area contributed by atoms with E-state index in [4.69, 9.17) is 0 Å². The van der Waals surface area contributed by atoms with E-state index < -0.39 is 0 Å². The third-order valence-electron chi connectivity index (χ3n) is 3.97. The fraction of sp³-hybridized carbons (Fsp3) is 0.500. The largest absolute Gasteiger partial charge is 0.338 e. The lowest BCUT2D eigenvalue weighted by atomic mass is 9.84. The van der Waals surface area contributed by atoms with Gasteiger partial charge < -0.3 is 4.90 Å². The molecular formula is C14H16BrNO. The Balaban J connectivity index is 1.82. The monoisotopic (exact) mass is 293 g/mol. The smallest absolute Gasteiger partial charge is 0.254 e. The summed E-state index contributed by atoms with van der Waals surface area (Å²) in [4.78, 5) is 14.4. The summed E-state index contributed by atoms with van der Waals surface area (Å²) in [6.45, 7) is 1.84. The van der Waals surface area contributed by atoms with E-state index in [1.807, 2.05) is 23.1 Å². The fourth-order valence-electron chi connectivity index (χ4n) is 2.69. The minimum absolute atomic E-state index is 0.222. The van der Waals surface area contributed by atoms with Crippen molar-refractivity contribution in [3.05, 3.63) is 33.8 Å². The molecule has 17 heavy (non-hydrogen) atoms. The first-order valence-electron chi connectivity index (χ1n) is 6.32. The normalized spacial score (nSPS) is 20.1. The van der Waals surface area contributed by atoms with Crippen LogP contribution in [0.25, 0.3) is 0 Å². The number of hydrogen-bond acceptors (Lipinski definition) is 1. The minimum atomic E-state index is 0.222. The summed E-state index contributed by atoms with van der Waals surface area (Å²) in [6, 6.07) is 5.93. The quantitative estimate of drug-likeness (QED) is 0.820. The number of halogens is 1. The number of amides is 1. The number of fused-ring (bicyclic) bond motifs is 1. The zero-order valence-corrected chi connectivity index (χ0v) is 11.4. The minimum Gasteiger partial charge on any atom is -0.338 e. The number of benzene rings is 1. The second-order valence-corrected chi connectivity index (χ2v) is 5.92. The third kappa shape index (κ3) is 2.01. The molecular weight excluding hydrogens is 278 g/mol. The van der Waals surface area contributed by atoms with E-state index in [0.29, 0.717) is 0 Å². The Kier molecular flexibility index (Phi) is 2.95. The van der Waals surface area contributed by atoms with Crippen molar-refractivity contribution in [2.75, 3.05) is 13.1 Å². The average Bonchev–Trinajstić information content (AvgIpc) is 2.27. The van der Waals surface area contributed by atoms with Crippen LogP contribution in [0, 0.1) is 5.92 Å². The van der Waals surface area contributed by atoms with Crippen molar-refractivity contribution in [3.8, 4) is 0 Å². The number of nitrogens with zero attached hydrogens (tertiary/aromatic N) is 1. The second kappa shape index (κ2) is 4.45. The van der Waals surface area contributed by atoms with Gasteiger partial charge in [0, 0.05) is 23.1 Å². The van der Waals surface area contributed by atoms with E-state index in [-0.39, 0.29) is 5.91 Å². The van der Waals surface area contributed by atoms with Gasteiger partial charge in [-0.2, -0.15) is 0 Å². The summed E-state index contributed by atoms with van der Waals surface area (Å²) in [5.41, 5.74) is 2.08. The van der Waals surface area contributed by atoms with Crippen molar-refractivity contribution in [2.24, 2.45) is 5.92 Å². The molecule has 2 aliphatic rings. The molecule has 0 N–H and O–H groups in total. The van der Waals surface area contributed by atoms with E-state index in [2.05, 4.69) is 15.9 Å². The zero-order chi connectivity index (χ0) is 11.8. The van der Waals surface area contributed by atoms with Crippen molar-refractivity contribution in [2.45, 2.75) is 25.7 Å². The molecule has 0 radical (unpaired) electrons. The molecule has 1 aromatic rings. The molecule has 0 bridgehead atoms. The first-order valence-corrected chi connectivity index (χ1v) is 7.11. The molecule has 1 saturated carbocycles. The maximum absolute atomic E-state index is 12.3. The molecule has 2 nitrogen and oxygen atoms in total. The topological polar surface area (TPSA) is 20.3 Å². The highest BCUT2D eigenvalue weighted by Gasteiger charge is 2.29. The number of carbonyl (C=O) groups is 1. The summed E-state index contributed by atoms with van der Waals surface area (Å²) in [7, 11) is 0.